The molecule has 2 aliphatic rings. The maximum Gasteiger partial charge on any atom is 0.410 e. The van der Waals surface area contributed by atoms with Crippen LogP contribution in [0.5, 0.6) is 0 Å². The predicted molar refractivity (Wildman–Crippen MR) is 126 cm³/mol. The highest BCUT2D eigenvalue weighted by molar-refractivity contribution is 5.80. The van der Waals surface area contributed by atoms with Crippen molar-refractivity contribution in [3.05, 3.63) is 30.1 Å². The smallest absolute Gasteiger partial charge is 0.410 e. The lowest BCUT2D eigenvalue weighted by Crippen LogP contribution is -2.41. The molecule has 0 radical (unpaired) electrons. The summed E-state index contributed by atoms with van der Waals surface area (Å²) in [6, 6.07) is 3.86. The Balaban J connectivity index is 1.57. The van der Waals surface area contributed by atoms with E-state index in [1.165, 1.54) is 0 Å². The van der Waals surface area contributed by atoms with Crippen LogP contribution in [0.4, 0.5) is 4.79 Å². The van der Waals surface area contributed by atoms with Crippen molar-refractivity contribution in [2.75, 3.05) is 45.9 Å². The Hall–Kier alpha value is -2.35. The maximum atomic E-state index is 12.8. The van der Waals surface area contributed by atoms with Gasteiger partial charge in [-0.3, -0.25) is 9.98 Å². The second kappa shape index (κ2) is 11.0. The third-order valence-corrected chi connectivity index (χ3v) is 5.85. The molecule has 32 heavy (non-hydrogen) atoms. The van der Waals surface area contributed by atoms with Crippen molar-refractivity contribution in [3.63, 3.8) is 0 Å². The van der Waals surface area contributed by atoms with Gasteiger partial charge in [0.15, 0.2) is 5.96 Å². The molecule has 1 amide bonds. The lowest BCUT2D eigenvalue weighted by atomic mass is 9.87. The minimum Gasteiger partial charge on any atom is -0.444 e. The van der Waals surface area contributed by atoms with Crippen molar-refractivity contribution in [1.29, 1.82) is 0 Å². The van der Waals surface area contributed by atoms with E-state index in [0.29, 0.717) is 25.0 Å². The van der Waals surface area contributed by atoms with Gasteiger partial charge in [-0.1, -0.05) is 6.07 Å². The van der Waals surface area contributed by atoms with Gasteiger partial charge in [0.05, 0.1) is 13.2 Å². The van der Waals surface area contributed by atoms with Crippen LogP contribution in [0.1, 0.15) is 52.5 Å². The minimum atomic E-state index is -0.531. The molecule has 2 saturated heterocycles. The standard InChI is InChI=1S/C24H39N5O3/c1-5-26-21(29-14-9-24(18-29)10-15-31-19-24)27-12-7-13-28(22(30)32-23(2,3)4)17-20-8-6-11-25-16-20/h6,8,11,16H,5,7,9-10,12-15,17-19H2,1-4H3,(H,26,27). The number of ether oxygens (including phenoxy) is 2. The monoisotopic (exact) mass is 445 g/mol. The number of amides is 1. The summed E-state index contributed by atoms with van der Waals surface area (Å²) >= 11 is 0. The van der Waals surface area contributed by atoms with Crippen LogP contribution in [0.25, 0.3) is 0 Å². The van der Waals surface area contributed by atoms with Crippen molar-refractivity contribution in [2.45, 2.75) is 59.1 Å². The van der Waals surface area contributed by atoms with Crippen LogP contribution in [0.15, 0.2) is 29.5 Å². The van der Waals surface area contributed by atoms with Gasteiger partial charge in [-0.2, -0.15) is 0 Å². The third-order valence-electron chi connectivity index (χ3n) is 5.85. The van der Waals surface area contributed by atoms with Crippen molar-refractivity contribution < 1.29 is 14.3 Å². The van der Waals surface area contributed by atoms with Crippen molar-refractivity contribution in [2.24, 2.45) is 10.4 Å². The molecule has 2 fully saturated rings. The van der Waals surface area contributed by atoms with E-state index in [1.54, 1.807) is 17.3 Å². The Morgan fingerprint density at radius 3 is 2.91 bits per heavy atom. The van der Waals surface area contributed by atoms with E-state index < -0.39 is 5.60 Å². The van der Waals surface area contributed by atoms with Crippen LogP contribution in [0.2, 0.25) is 0 Å². The highest BCUT2D eigenvalue weighted by atomic mass is 16.6. The third kappa shape index (κ3) is 7.08. The maximum absolute atomic E-state index is 12.8. The Labute approximate surface area is 192 Å². The number of aliphatic imine (C=N–C) groups is 1. The summed E-state index contributed by atoms with van der Waals surface area (Å²) in [5, 5.41) is 3.43. The first-order valence-electron chi connectivity index (χ1n) is 11.8. The molecule has 8 heteroatoms. The average Bonchev–Trinajstić information content (AvgIpc) is 3.38. The first-order chi connectivity index (χ1) is 15.3. The summed E-state index contributed by atoms with van der Waals surface area (Å²) < 4.78 is 11.3. The van der Waals surface area contributed by atoms with Crippen molar-refractivity contribution in [3.8, 4) is 0 Å². The van der Waals surface area contributed by atoms with Gasteiger partial charge in [0.2, 0.25) is 0 Å². The molecular weight excluding hydrogens is 406 g/mol. The summed E-state index contributed by atoms with van der Waals surface area (Å²) in [6.07, 6.45) is 6.28. The fourth-order valence-corrected chi connectivity index (χ4v) is 4.23. The van der Waals surface area contributed by atoms with Gasteiger partial charge in [-0.25, -0.2) is 4.79 Å². The molecular formula is C24H39N5O3. The zero-order chi connectivity index (χ0) is 23.0. The molecule has 0 bridgehead atoms. The number of likely N-dealkylation sites (tertiary alicyclic amines) is 1. The van der Waals surface area contributed by atoms with Crippen LogP contribution in [-0.4, -0.2) is 78.4 Å². The predicted octanol–water partition coefficient (Wildman–Crippen LogP) is 3.29. The molecule has 1 unspecified atom stereocenters. The molecule has 0 aromatic carbocycles. The van der Waals surface area contributed by atoms with Crippen molar-refractivity contribution >= 4 is 12.1 Å². The normalized spacial score (nSPS) is 21.2. The molecule has 3 rings (SSSR count). The Morgan fingerprint density at radius 1 is 1.41 bits per heavy atom. The van der Waals surface area contributed by atoms with Crippen molar-refractivity contribution in [1.82, 2.24) is 20.1 Å². The second-order valence-electron chi connectivity index (χ2n) is 9.83. The van der Waals surface area contributed by atoms with Gasteiger partial charge >= 0.3 is 6.09 Å². The number of aromatic nitrogens is 1. The molecule has 1 atom stereocenters. The molecule has 1 N–H and O–H groups in total. The Morgan fingerprint density at radius 2 is 2.25 bits per heavy atom. The van der Waals surface area contributed by atoms with Gasteiger partial charge in [-0.05, 0) is 58.6 Å². The second-order valence-corrected chi connectivity index (χ2v) is 9.83. The van der Waals surface area contributed by atoms with Crippen LogP contribution in [0, 0.1) is 5.41 Å². The molecule has 0 aliphatic carbocycles. The topological polar surface area (TPSA) is 79.3 Å². The Bertz CT molecular complexity index is 757. The highest BCUT2D eigenvalue weighted by Gasteiger charge is 2.42. The van der Waals surface area contributed by atoms with Crippen LogP contribution in [-0.2, 0) is 16.0 Å². The number of carbonyl (C=O) groups is 1. The van der Waals surface area contributed by atoms with Gasteiger partial charge < -0.3 is 24.6 Å². The number of guanidine groups is 1. The number of nitrogens with one attached hydrogen (secondary N) is 1. The lowest BCUT2D eigenvalue weighted by molar-refractivity contribution is 0.0232. The van der Waals surface area contributed by atoms with Crippen LogP contribution >= 0.6 is 0 Å². The number of carbonyl (C=O) groups excluding carboxylic acids is 1. The zero-order valence-electron chi connectivity index (χ0n) is 20.1. The van der Waals surface area contributed by atoms with Crippen LogP contribution in [0.3, 0.4) is 0 Å². The minimum absolute atomic E-state index is 0.299. The number of nitrogens with zero attached hydrogens (tertiary/aromatic N) is 4. The van der Waals surface area contributed by atoms with E-state index in [1.807, 2.05) is 32.9 Å². The van der Waals surface area contributed by atoms with Gasteiger partial charge in [0.1, 0.15) is 5.60 Å². The summed E-state index contributed by atoms with van der Waals surface area (Å²) in [5.41, 5.74) is 0.750. The Kier molecular flexibility index (Phi) is 8.34. The molecule has 0 saturated carbocycles. The van der Waals surface area contributed by atoms with Gasteiger partial charge in [0, 0.05) is 57.1 Å². The fraction of sp³-hybridized carbons (Fsp3) is 0.708. The SMILES string of the molecule is CCNC(=NCCCN(Cc1cccnc1)C(=O)OC(C)(C)C)N1CCC2(CCOC2)C1. The molecule has 1 aromatic rings. The number of rotatable bonds is 7. The van der Waals surface area contributed by atoms with Crippen LogP contribution < -0.4 is 5.32 Å². The van der Waals surface area contributed by atoms with E-state index in [0.717, 1.165) is 63.6 Å². The van der Waals surface area contributed by atoms with Gasteiger partial charge in [0.25, 0.3) is 0 Å². The number of hydrogen-bond donors (Lipinski definition) is 1. The molecule has 3 heterocycles. The van der Waals surface area contributed by atoms with Gasteiger partial charge in [-0.15, -0.1) is 0 Å². The quantitative estimate of drug-likeness (QED) is 0.394. The summed E-state index contributed by atoms with van der Waals surface area (Å²) in [4.78, 5) is 25.9. The number of pyridine rings is 1. The highest BCUT2D eigenvalue weighted by Crippen LogP contribution is 2.38. The summed E-state index contributed by atoms with van der Waals surface area (Å²) in [5.74, 6) is 0.965. The summed E-state index contributed by atoms with van der Waals surface area (Å²) in [7, 11) is 0. The van der Waals surface area contributed by atoms with E-state index in [2.05, 4.69) is 22.1 Å². The zero-order valence-corrected chi connectivity index (χ0v) is 20.1. The largest absolute Gasteiger partial charge is 0.444 e. The van der Waals surface area contributed by atoms with E-state index >= 15 is 0 Å². The molecule has 178 valence electrons. The van der Waals surface area contributed by atoms with E-state index in [4.69, 9.17) is 14.5 Å². The van der Waals surface area contributed by atoms with E-state index in [-0.39, 0.29) is 6.09 Å². The summed E-state index contributed by atoms with van der Waals surface area (Å²) in [6.45, 7) is 14.0. The first kappa shape index (κ1) is 24.3. The molecule has 2 aliphatic heterocycles. The molecule has 8 nitrogen and oxygen atoms in total. The fourth-order valence-electron chi connectivity index (χ4n) is 4.23. The number of hydrogen-bond acceptors (Lipinski definition) is 5. The molecule has 1 aromatic heterocycles. The van der Waals surface area contributed by atoms with E-state index in [9.17, 15) is 4.79 Å². The average molecular weight is 446 g/mol. The lowest BCUT2D eigenvalue weighted by Gasteiger charge is -2.27. The molecule has 1 spiro atoms. The first-order valence-corrected chi connectivity index (χ1v) is 11.8.